The summed E-state index contributed by atoms with van der Waals surface area (Å²) in [4.78, 5) is 10.9. The fourth-order valence-corrected chi connectivity index (χ4v) is 1.30. The summed E-state index contributed by atoms with van der Waals surface area (Å²) >= 11 is 0. The molecule has 1 aromatic carbocycles. The third-order valence-electron chi connectivity index (χ3n) is 2.19. The molecule has 1 rings (SSSR count). The fourth-order valence-electron chi connectivity index (χ4n) is 1.30. The molecule has 1 heteroatoms. The summed E-state index contributed by atoms with van der Waals surface area (Å²) < 4.78 is 0. The maximum Gasteiger partial charge on any atom is 0.162 e. The Bertz CT molecular complexity index is 309. The molecule has 0 atom stereocenters. The summed E-state index contributed by atoms with van der Waals surface area (Å²) in [5, 5.41) is 0. The quantitative estimate of drug-likeness (QED) is 0.648. The number of hydrogen-bond acceptors (Lipinski definition) is 1. The molecule has 0 aliphatic rings. The standard InChI is InChI=1S/C13H15O/c1-3-13(14)6-4-5-12-9-7-11(2)8-10-12/h7-10H,1,4-6H2,2H3. The van der Waals surface area contributed by atoms with Gasteiger partial charge in [-0.3, -0.25) is 4.79 Å². The molecule has 0 N–H and O–H groups in total. The largest absolute Gasteiger partial charge is 0.294 e. The Labute approximate surface area is 85.5 Å². The number of rotatable bonds is 5. The molecule has 1 aromatic rings. The molecule has 0 heterocycles. The molecule has 0 unspecified atom stereocenters. The van der Waals surface area contributed by atoms with Crippen LogP contribution in [0, 0.1) is 13.0 Å². The number of benzene rings is 1. The van der Waals surface area contributed by atoms with Gasteiger partial charge in [0.05, 0.1) is 0 Å². The molecule has 73 valence electrons. The number of ketones is 1. The lowest BCUT2D eigenvalue weighted by Crippen LogP contribution is -1.94. The second-order valence-corrected chi connectivity index (χ2v) is 3.44. The smallest absolute Gasteiger partial charge is 0.162 e. The van der Waals surface area contributed by atoms with Crippen molar-refractivity contribution < 1.29 is 4.79 Å². The molecule has 1 nitrogen and oxygen atoms in total. The summed E-state index contributed by atoms with van der Waals surface area (Å²) in [5.41, 5.74) is 2.55. The molecule has 0 saturated heterocycles. The van der Waals surface area contributed by atoms with Crippen LogP contribution in [-0.4, -0.2) is 5.78 Å². The van der Waals surface area contributed by atoms with Crippen LogP contribution in [0.5, 0.6) is 0 Å². The van der Waals surface area contributed by atoms with Crippen molar-refractivity contribution in [1.82, 2.24) is 0 Å². The Kier molecular flexibility index (Phi) is 4.11. The van der Waals surface area contributed by atoms with Gasteiger partial charge in [-0.05, 0) is 25.3 Å². The van der Waals surface area contributed by atoms with Gasteiger partial charge < -0.3 is 0 Å². The average Bonchev–Trinajstić information content (AvgIpc) is 2.21. The molecule has 0 aliphatic carbocycles. The molecule has 0 aromatic heterocycles. The lowest BCUT2D eigenvalue weighted by molar-refractivity contribution is -0.115. The lowest BCUT2D eigenvalue weighted by Gasteiger charge is -2.00. The van der Waals surface area contributed by atoms with Gasteiger partial charge in [0.1, 0.15) is 0 Å². The van der Waals surface area contributed by atoms with E-state index in [-0.39, 0.29) is 5.78 Å². The predicted molar refractivity (Wildman–Crippen MR) is 58.0 cm³/mol. The first kappa shape index (κ1) is 10.7. The highest BCUT2D eigenvalue weighted by atomic mass is 16.1. The van der Waals surface area contributed by atoms with Crippen molar-refractivity contribution in [3.05, 3.63) is 48.0 Å². The average molecular weight is 187 g/mol. The van der Waals surface area contributed by atoms with Crippen molar-refractivity contribution in [2.24, 2.45) is 0 Å². The zero-order chi connectivity index (χ0) is 10.4. The number of carbonyl (C=O) groups is 1. The van der Waals surface area contributed by atoms with E-state index >= 15 is 0 Å². The molecular weight excluding hydrogens is 172 g/mol. The van der Waals surface area contributed by atoms with Crippen molar-refractivity contribution in [2.45, 2.75) is 26.2 Å². The first-order valence-electron chi connectivity index (χ1n) is 4.84. The minimum atomic E-state index is 0.0112. The van der Waals surface area contributed by atoms with Crippen LogP contribution in [0.2, 0.25) is 0 Å². The Morgan fingerprint density at radius 2 is 2.00 bits per heavy atom. The van der Waals surface area contributed by atoms with Gasteiger partial charge in [0, 0.05) is 12.5 Å². The van der Waals surface area contributed by atoms with Crippen molar-refractivity contribution in [3.63, 3.8) is 0 Å². The van der Waals surface area contributed by atoms with Gasteiger partial charge in [0.2, 0.25) is 0 Å². The topological polar surface area (TPSA) is 17.1 Å². The summed E-state index contributed by atoms with van der Waals surface area (Å²) in [6.07, 6.45) is 4.76. The third kappa shape index (κ3) is 3.56. The van der Waals surface area contributed by atoms with Crippen molar-refractivity contribution >= 4 is 5.78 Å². The molecule has 0 bridgehead atoms. The first-order chi connectivity index (χ1) is 6.72. The van der Waals surface area contributed by atoms with Gasteiger partial charge in [-0.25, -0.2) is 0 Å². The van der Waals surface area contributed by atoms with Crippen LogP contribution in [0.1, 0.15) is 24.0 Å². The molecule has 1 radical (unpaired) electrons. The van der Waals surface area contributed by atoms with E-state index in [0.29, 0.717) is 6.42 Å². The molecule has 14 heavy (non-hydrogen) atoms. The van der Waals surface area contributed by atoms with E-state index in [4.69, 9.17) is 0 Å². The molecular formula is C13H15O. The Morgan fingerprint density at radius 1 is 1.36 bits per heavy atom. The van der Waals surface area contributed by atoms with E-state index in [9.17, 15) is 4.79 Å². The maximum absolute atomic E-state index is 10.9. The Morgan fingerprint density at radius 3 is 2.57 bits per heavy atom. The van der Waals surface area contributed by atoms with Crippen molar-refractivity contribution in [3.8, 4) is 0 Å². The number of allylic oxidation sites excluding steroid dienone is 1. The molecule has 0 fully saturated rings. The maximum atomic E-state index is 10.9. The lowest BCUT2D eigenvalue weighted by atomic mass is 10.1. The second kappa shape index (κ2) is 5.38. The van der Waals surface area contributed by atoms with Gasteiger partial charge >= 0.3 is 0 Å². The van der Waals surface area contributed by atoms with Gasteiger partial charge in [-0.1, -0.05) is 36.4 Å². The minimum absolute atomic E-state index is 0.0112. The van der Waals surface area contributed by atoms with Crippen molar-refractivity contribution in [2.75, 3.05) is 0 Å². The normalized spacial score (nSPS) is 9.79. The van der Waals surface area contributed by atoms with Crippen LogP contribution < -0.4 is 0 Å². The van der Waals surface area contributed by atoms with Crippen LogP contribution in [0.25, 0.3) is 0 Å². The SMILES string of the molecule is C=[C]C(=O)CCCc1ccc(C)cc1. The molecule has 0 aliphatic heterocycles. The van der Waals surface area contributed by atoms with Crippen molar-refractivity contribution in [1.29, 1.82) is 0 Å². The van der Waals surface area contributed by atoms with Crippen LogP contribution in [0.3, 0.4) is 0 Å². The van der Waals surface area contributed by atoms with Crippen LogP contribution >= 0.6 is 0 Å². The van der Waals surface area contributed by atoms with Gasteiger partial charge in [0.15, 0.2) is 5.78 Å². The van der Waals surface area contributed by atoms with Crippen LogP contribution in [0.4, 0.5) is 0 Å². The van der Waals surface area contributed by atoms with E-state index < -0.39 is 0 Å². The summed E-state index contributed by atoms with van der Waals surface area (Å²) in [5.74, 6) is 0.0112. The van der Waals surface area contributed by atoms with E-state index in [1.807, 2.05) is 0 Å². The zero-order valence-corrected chi connectivity index (χ0v) is 8.55. The monoisotopic (exact) mass is 187 g/mol. The number of hydrogen-bond donors (Lipinski definition) is 0. The van der Waals surface area contributed by atoms with Crippen LogP contribution in [-0.2, 0) is 11.2 Å². The van der Waals surface area contributed by atoms with Gasteiger partial charge in [0.25, 0.3) is 0 Å². The molecule has 0 amide bonds. The number of Topliss-reactive ketones (excluding diaryl/α,β-unsaturated/α-hetero) is 1. The number of carbonyl (C=O) groups excluding carboxylic acids is 1. The first-order valence-corrected chi connectivity index (χ1v) is 4.84. The number of aryl methyl sites for hydroxylation is 2. The third-order valence-corrected chi connectivity index (χ3v) is 2.19. The van der Waals surface area contributed by atoms with Gasteiger partial charge in [-0.15, -0.1) is 0 Å². The summed E-state index contributed by atoms with van der Waals surface area (Å²) in [6, 6.07) is 8.41. The predicted octanol–water partition coefficient (Wildman–Crippen LogP) is 2.88. The van der Waals surface area contributed by atoms with Gasteiger partial charge in [-0.2, -0.15) is 0 Å². The summed E-state index contributed by atoms with van der Waals surface area (Å²) in [7, 11) is 0. The zero-order valence-electron chi connectivity index (χ0n) is 8.55. The molecule has 0 saturated carbocycles. The second-order valence-electron chi connectivity index (χ2n) is 3.44. The van der Waals surface area contributed by atoms with E-state index in [2.05, 4.69) is 43.8 Å². The fraction of sp³-hybridized carbons (Fsp3) is 0.308. The highest BCUT2D eigenvalue weighted by molar-refractivity contribution is 5.85. The van der Waals surface area contributed by atoms with E-state index in [1.165, 1.54) is 11.1 Å². The van der Waals surface area contributed by atoms with E-state index in [0.717, 1.165) is 12.8 Å². The highest BCUT2D eigenvalue weighted by Crippen LogP contribution is 2.07. The Balaban J connectivity index is 2.35. The minimum Gasteiger partial charge on any atom is -0.294 e. The summed E-state index contributed by atoms with van der Waals surface area (Å²) in [6.45, 7) is 5.39. The van der Waals surface area contributed by atoms with E-state index in [1.54, 1.807) is 0 Å². The Hall–Kier alpha value is -1.37. The van der Waals surface area contributed by atoms with Crippen LogP contribution in [0.15, 0.2) is 30.8 Å². The highest BCUT2D eigenvalue weighted by Gasteiger charge is 1.97. The molecule has 0 spiro atoms.